The molecule has 0 atom stereocenters. The molecule has 96 valence electrons. The second-order valence-corrected chi connectivity index (χ2v) is 5.48. The summed E-state index contributed by atoms with van der Waals surface area (Å²) in [7, 11) is 0. The maximum absolute atomic E-state index is 9.01. The molecular weight excluding hydrogens is 200 g/mol. The highest BCUT2D eigenvalue weighted by Crippen LogP contribution is 2.34. The summed E-state index contributed by atoms with van der Waals surface area (Å²) in [5.41, 5.74) is 0. The third-order valence-electron chi connectivity index (χ3n) is 4.16. The largest absolute Gasteiger partial charge is 0.396 e. The summed E-state index contributed by atoms with van der Waals surface area (Å²) in [5.74, 6) is 1.95. The van der Waals surface area contributed by atoms with Gasteiger partial charge in [0.05, 0.1) is 0 Å². The highest BCUT2D eigenvalue weighted by molar-refractivity contribution is 4.73. The van der Waals surface area contributed by atoms with E-state index in [0.717, 1.165) is 18.3 Å². The molecule has 1 rings (SSSR count). The molecule has 16 heavy (non-hydrogen) atoms. The molecule has 1 fully saturated rings. The lowest BCUT2D eigenvalue weighted by Crippen LogP contribution is -2.17. The van der Waals surface area contributed by atoms with E-state index in [9.17, 15) is 0 Å². The minimum atomic E-state index is 0.119. The lowest BCUT2D eigenvalue weighted by molar-refractivity contribution is 0.132. The fourth-order valence-corrected chi connectivity index (χ4v) is 2.93. The van der Waals surface area contributed by atoms with Crippen LogP contribution in [0.5, 0.6) is 0 Å². The monoisotopic (exact) mass is 228 g/mol. The maximum atomic E-state index is 9.01. The molecule has 2 nitrogen and oxygen atoms in total. The SMILES string of the molecule is CCCC1CCC(CCC(CO)CO)CC1. The molecule has 0 aliphatic heterocycles. The van der Waals surface area contributed by atoms with Crippen LogP contribution < -0.4 is 0 Å². The van der Waals surface area contributed by atoms with Crippen LogP contribution in [0.2, 0.25) is 0 Å². The topological polar surface area (TPSA) is 40.5 Å². The Hall–Kier alpha value is -0.0800. The summed E-state index contributed by atoms with van der Waals surface area (Å²) in [6.07, 6.45) is 10.5. The number of aliphatic hydroxyl groups excluding tert-OH is 2. The first-order chi connectivity index (χ1) is 7.80. The molecule has 2 heteroatoms. The molecule has 1 aliphatic rings. The Morgan fingerprint density at radius 2 is 1.44 bits per heavy atom. The van der Waals surface area contributed by atoms with Crippen molar-refractivity contribution in [3.05, 3.63) is 0 Å². The van der Waals surface area contributed by atoms with Crippen molar-refractivity contribution in [1.82, 2.24) is 0 Å². The molecule has 1 aliphatic carbocycles. The zero-order valence-electron chi connectivity index (χ0n) is 10.7. The fraction of sp³-hybridized carbons (Fsp3) is 1.00. The smallest absolute Gasteiger partial charge is 0.0481 e. The van der Waals surface area contributed by atoms with Crippen molar-refractivity contribution < 1.29 is 10.2 Å². The van der Waals surface area contributed by atoms with Gasteiger partial charge in [-0.3, -0.25) is 0 Å². The first kappa shape index (κ1) is 14.0. The van der Waals surface area contributed by atoms with Crippen LogP contribution in [0.15, 0.2) is 0 Å². The van der Waals surface area contributed by atoms with Gasteiger partial charge in [-0.25, -0.2) is 0 Å². The van der Waals surface area contributed by atoms with E-state index >= 15 is 0 Å². The van der Waals surface area contributed by atoms with E-state index in [-0.39, 0.29) is 19.1 Å². The lowest BCUT2D eigenvalue weighted by atomic mass is 9.77. The molecule has 0 aromatic carbocycles. The van der Waals surface area contributed by atoms with Crippen molar-refractivity contribution in [2.75, 3.05) is 13.2 Å². The second-order valence-electron chi connectivity index (χ2n) is 5.48. The minimum Gasteiger partial charge on any atom is -0.396 e. The minimum absolute atomic E-state index is 0.119. The Morgan fingerprint density at radius 3 is 1.88 bits per heavy atom. The van der Waals surface area contributed by atoms with Gasteiger partial charge in [-0.2, -0.15) is 0 Å². The molecule has 0 saturated heterocycles. The van der Waals surface area contributed by atoms with E-state index in [1.54, 1.807) is 0 Å². The van der Waals surface area contributed by atoms with Crippen molar-refractivity contribution >= 4 is 0 Å². The molecule has 0 heterocycles. The zero-order chi connectivity index (χ0) is 11.8. The van der Waals surface area contributed by atoms with Crippen LogP contribution in [0.4, 0.5) is 0 Å². The Bertz CT molecular complexity index is 158. The van der Waals surface area contributed by atoms with E-state index in [1.807, 2.05) is 0 Å². The molecule has 2 N–H and O–H groups in total. The van der Waals surface area contributed by atoms with Gasteiger partial charge in [0.25, 0.3) is 0 Å². The quantitative estimate of drug-likeness (QED) is 0.703. The van der Waals surface area contributed by atoms with Gasteiger partial charge in [-0.05, 0) is 18.3 Å². The molecule has 0 radical (unpaired) electrons. The van der Waals surface area contributed by atoms with Gasteiger partial charge >= 0.3 is 0 Å². The molecular formula is C14H28O2. The molecule has 0 bridgehead atoms. The first-order valence-electron chi connectivity index (χ1n) is 7.01. The molecule has 0 aromatic rings. The highest BCUT2D eigenvalue weighted by Gasteiger charge is 2.21. The number of rotatable bonds is 7. The Labute approximate surface area is 100 Å². The van der Waals surface area contributed by atoms with Gasteiger partial charge < -0.3 is 10.2 Å². The molecule has 0 aromatic heterocycles. The third kappa shape index (κ3) is 4.84. The summed E-state index contributed by atoms with van der Waals surface area (Å²) in [5, 5.41) is 18.0. The number of hydrogen-bond acceptors (Lipinski definition) is 2. The van der Waals surface area contributed by atoms with Gasteiger partial charge in [0.2, 0.25) is 0 Å². The lowest BCUT2D eigenvalue weighted by Gasteiger charge is -2.29. The van der Waals surface area contributed by atoms with E-state index in [2.05, 4.69) is 6.92 Å². The fourth-order valence-electron chi connectivity index (χ4n) is 2.93. The van der Waals surface area contributed by atoms with Crippen molar-refractivity contribution in [2.24, 2.45) is 17.8 Å². The standard InChI is InChI=1S/C14H28O2/c1-2-3-12-4-6-13(7-5-12)8-9-14(10-15)11-16/h12-16H,2-11H2,1H3. The van der Waals surface area contributed by atoms with E-state index < -0.39 is 0 Å². The van der Waals surface area contributed by atoms with Gasteiger partial charge in [-0.15, -0.1) is 0 Å². The predicted molar refractivity (Wildman–Crippen MR) is 67.3 cm³/mol. The summed E-state index contributed by atoms with van der Waals surface area (Å²) < 4.78 is 0. The van der Waals surface area contributed by atoms with Crippen LogP contribution >= 0.6 is 0 Å². The van der Waals surface area contributed by atoms with Crippen LogP contribution in [0.1, 0.15) is 58.3 Å². The Kier molecular flexibility index (Phi) is 7.06. The van der Waals surface area contributed by atoms with Crippen LogP contribution in [0, 0.1) is 17.8 Å². The molecule has 0 spiro atoms. The van der Waals surface area contributed by atoms with Gasteiger partial charge in [0.1, 0.15) is 0 Å². The maximum Gasteiger partial charge on any atom is 0.0481 e. The predicted octanol–water partition coefficient (Wildman–Crippen LogP) is 2.97. The van der Waals surface area contributed by atoms with Crippen molar-refractivity contribution in [3.63, 3.8) is 0 Å². The van der Waals surface area contributed by atoms with Crippen LogP contribution in [0.3, 0.4) is 0 Å². The average molecular weight is 228 g/mol. The van der Waals surface area contributed by atoms with Crippen molar-refractivity contribution in [2.45, 2.75) is 58.3 Å². The summed E-state index contributed by atoms with van der Waals surface area (Å²) >= 11 is 0. The molecule has 1 saturated carbocycles. The Balaban J connectivity index is 2.12. The zero-order valence-corrected chi connectivity index (χ0v) is 10.7. The van der Waals surface area contributed by atoms with Crippen molar-refractivity contribution in [3.8, 4) is 0 Å². The number of hydrogen-bond donors (Lipinski definition) is 2. The molecule has 0 amide bonds. The third-order valence-corrected chi connectivity index (χ3v) is 4.16. The normalized spacial score (nSPS) is 26.2. The summed E-state index contributed by atoms with van der Waals surface area (Å²) in [6, 6.07) is 0. The molecule has 0 unspecified atom stereocenters. The summed E-state index contributed by atoms with van der Waals surface area (Å²) in [6.45, 7) is 2.56. The van der Waals surface area contributed by atoms with E-state index in [4.69, 9.17) is 10.2 Å². The van der Waals surface area contributed by atoms with Crippen LogP contribution in [-0.4, -0.2) is 23.4 Å². The van der Waals surface area contributed by atoms with E-state index in [1.165, 1.54) is 44.9 Å². The Morgan fingerprint density at radius 1 is 0.938 bits per heavy atom. The van der Waals surface area contributed by atoms with Gasteiger partial charge in [-0.1, -0.05) is 51.9 Å². The van der Waals surface area contributed by atoms with Gasteiger partial charge in [0.15, 0.2) is 0 Å². The highest BCUT2D eigenvalue weighted by atomic mass is 16.3. The second kappa shape index (κ2) is 8.08. The van der Waals surface area contributed by atoms with Crippen molar-refractivity contribution in [1.29, 1.82) is 0 Å². The van der Waals surface area contributed by atoms with E-state index in [0.29, 0.717) is 0 Å². The van der Waals surface area contributed by atoms with Crippen LogP contribution in [0.25, 0.3) is 0 Å². The average Bonchev–Trinajstić information content (AvgIpc) is 2.33. The van der Waals surface area contributed by atoms with Crippen LogP contribution in [-0.2, 0) is 0 Å². The van der Waals surface area contributed by atoms with Gasteiger partial charge in [0, 0.05) is 19.1 Å². The number of aliphatic hydroxyl groups is 2. The first-order valence-corrected chi connectivity index (χ1v) is 7.01. The summed E-state index contributed by atoms with van der Waals surface area (Å²) in [4.78, 5) is 0.